The first-order chi connectivity index (χ1) is 21.7. The van der Waals surface area contributed by atoms with Crippen LogP contribution in [0, 0.1) is 0 Å². The van der Waals surface area contributed by atoms with Gasteiger partial charge in [-0.3, -0.25) is 4.68 Å². The second kappa shape index (κ2) is 10.6. The number of alkyl halides is 3. The van der Waals surface area contributed by atoms with Gasteiger partial charge in [0.1, 0.15) is 23.2 Å². The molecule has 1 fully saturated rings. The zero-order valence-electron chi connectivity index (χ0n) is 27.3. The summed E-state index contributed by atoms with van der Waals surface area (Å²) in [6, 6.07) is 5.60. The van der Waals surface area contributed by atoms with Crippen LogP contribution in [0.25, 0.3) is 33.8 Å². The van der Waals surface area contributed by atoms with Gasteiger partial charge in [-0.2, -0.15) is 18.3 Å². The molecule has 4 heterocycles. The Kier molecular flexibility index (Phi) is 6.17. The van der Waals surface area contributed by atoms with E-state index < -0.39 is 24.9 Å². The van der Waals surface area contributed by atoms with Crippen molar-refractivity contribution in [2.45, 2.75) is 57.8 Å². The number of anilines is 1. The number of nitrogens with zero attached hydrogens (tertiary/aromatic N) is 9. The molecule has 224 valence electrons. The number of aryl methyl sites for hydroxylation is 1. The van der Waals surface area contributed by atoms with Crippen LogP contribution in [0.2, 0.25) is 0 Å². The second-order valence-corrected chi connectivity index (χ2v) is 10.9. The maximum absolute atomic E-state index is 13.5. The second-order valence-electron chi connectivity index (χ2n) is 10.9. The summed E-state index contributed by atoms with van der Waals surface area (Å²) >= 11 is 0. The van der Waals surface area contributed by atoms with Crippen molar-refractivity contribution in [2.24, 2.45) is 7.05 Å². The fourth-order valence-electron chi connectivity index (χ4n) is 5.08. The molecule has 13 heteroatoms. The molecular formula is C30H32F3N9O. The predicted octanol–water partition coefficient (Wildman–Crippen LogP) is 6.37. The monoisotopic (exact) mass is 594 g/mol. The topological polar surface area (TPSA) is 99.7 Å². The van der Waals surface area contributed by atoms with E-state index in [1.807, 2.05) is 0 Å². The highest BCUT2D eigenvalue weighted by Gasteiger charge is 2.35. The molecule has 1 atom stereocenters. The van der Waals surface area contributed by atoms with E-state index in [0.29, 0.717) is 22.2 Å². The molecule has 0 bridgehead atoms. The number of aromatic nitrogens is 8. The summed E-state index contributed by atoms with van der Waals surface area (Å²) in [7, 11) is 3.20. The van der Waals surface area contributed by atoms with Gasteiger partial charge in [0.2, 0.25) is 5.88 Å². The Labute approximate surface area is 250 Å². The largest absolute Gasteiger partial charge is 0.480 e. The van der Waals surface area contributed by atoms with E-state index in [2.05, 4.69) is 20.1 Å². The van der Waals surface area contributed by atoms with E-state index in [0.717, 1.165) is 24.7 Å². The van der Waals surface area contributed by atoms with Gasteiger partial charge in [0, 0.05) is 41.9 Å². The molecule has 0 N–H and O–H groups in total. The third-order valence-electron chi connectivity index (χ3n) is 7.53. The molecule has 1 aliphatic carbocycles. The summed E-state index contributed by atoms with van der Waals surface area (Å²) in [5.74, 6) is 0.930. The molecule has 4 aromatic heterocycles. The van der Waals surface area contributed by atoms with Crippen LogP contribution in [0.4, 0.5) is 19.0 Å². The van der Waals surface area contributed by atoms with Gasteiger partial charge >= 0.3 is 6.18 Å². The number of halogens is 3. The number of methoxy groups -OCH3 is 1. The Hall–Kier alpha value is -4.55. The lowest BCUT2D eigenvalue weighted by molar-refractivity contribution is -0.140. The summed E-state index contributed by atoms with van der Waals surface area (Å²) in [6.07, 6.45) is 1.40. The molecule has 5 aromatic rings. The predicted molar refractivity (Wildman–Crippen MR) is 156 cm³/mol. The SMILES string of the molecule is [2H]C([2H])([2H])N(c1nc(-c2c(OC)ncnc2C2CC2)nc2cn(C)nc12)[C@@H](C)c1ccc(-c2nc(C(F)(F)F)cn2C(C)C)cc1. The van der Waals surface area contributed by atoms with Crippen molar-refractivity contribution >= 4 is 16.9 Å². The number of imidazole rings is 1. The van der Waals surface area contributed by atoms with E-state index in [-0.39, 0.29) is 40.8 Å². The lowest BCUT2D eigenvalue weighted by atomic mass is 10.0. The van der Waals surface area contributed by atoms with E-state index in [9.17, 15) is 13.2 Å². The van der Waals surface area contributed by atoms with Crippen LogP contribution < -0.4 is 9.64 Å². The first-order valence-electron chi connectivity index (χ1n) is 15.3. The van der Waals surface area contributed by atoms with Crippen molar-refractivity contribution in [1.82, 2.24) is 39.3 Å². The van der Waals surface area contributed by atoms with Crippen LogP contribution in [0.3, 0.4) is 0 Å². The molecule has 1 aliphatic rings. The molecule has 10 nitrogen and oxygen atoms in total. The minimum absolute atomic E-state index is 0.0787. The maximum Gasteiger partial charge on any atom is 0.434 e. The summed E-state index contributed by atoms with van der Waals surface area (Å²) in [6.45, 7) is 2.58. The summed E-state index contributed by atoms with van der Waals surface area (Å²) in [4.78, 5) is 23.4. The number of fused-ring (bicyclic) bond motifs is 1. The number of hydrogen-bond acceptors (Lipinski definition) is 8. The van der Waals surface area contributed by atoms with Crippen LogP contribution in [0.1, 0.15) is 72.7 Å². The number of rotatable bonds is 8. The van der Waals surface area contributed by atoms with Crippen molar-refractivity contribution in [3.8, 4) is 28.7 Å². The fraction of sp³-hybridized carbons (Fsp3) is 0.400. The fourth-order valence-corrected chi connectivity index (χ4v) is 5.08. The third kappa shape index (κ3) is 5.28. The normalized spacial score (nSPS) is 15.8. The summed E-state index contributed by atoms with van der Waals surface area (Å²) in [5, 5.41) is 4.51. The van der Waals surface area contributed by atoms with Crippen LogP contribution >= 0.6 is 0 Å². The number of benzene rings is 1. The molecule has 0 saturated heterocycles. The smallest absolute Gasteiger partial charge is 0.434 e. The molecular weight excluding hydrogens is 559 g/mol. The van der Waals surface area contributed by atoms with Crippen molar-refractivity contribution in [1.29, 1.82) is 0 Å². The first kappa shape index (κ1) is 25.0. The Bertz CT molecular complexity index is 1900. The maximum atomic E-state index is 13.5. The van der Waals surface area contributed by atoms with E-state index in [1.54, 1.807) is 58.3 Å². The molecule has 0 amide bonds. The quantitative estimate of drug-likeness (QED) is 0.204. The van der Waals surface area contributed by atoms with Gasteiger partial charge in [-0.05, 0) is 39.2 Å². The van der Waals surface area contributed by atoms with Crippen molar-refractivity contribution in [2.75, 3.05) is 19.0 Å². The molecule has 6 rings (SSSR count). The number of hydrogen-bond donors (Lipinski definition) is 0. The molecule has 0 unspecified atom stereocenters. The Balaban J connectivity index is 1.46. The van der Waals surface area contributed by atoms with E-state index in [1.165, 1.54) is 27.6 Å². The van der Waals surface area contributed by atoms with Gasteiger partial charge in [-0.25, -0.2) is 24.9 Å². The van der Waals surface area contributed by atoms with Crippen LogP contribution in [0.15, 0.2) is 43.0 Å². The highest BCUT2D eigenvalue weighted by atomic mass is 19.4. The zero-order valence-corrected chi connectivity index (χ0v) is 24.3. The highest BCUT2D eigenvalue weighted by molar-refractivity contribution is 5.88. The Morgan fingerprint density at radius 2 is 1.79 bits per heavy atom. The highest BCUT2D eigenvalue weighted by Crippen LogP contribution is 2.45. The summed E-state index contributed by atoms with van der Waals surface area (Å²) < 4.78 is 74.7. The van der Waals surface area contributed by atoms with Gasteiger partial charge in [0.05, 0.1) is 25.0 Å². The molecule has 43 heavy (non-hydrogen) atoms. The summed E-state index contributed by atoms with van der Waals surface area (Å²) in [5.41, 5.74) is 2.01. The minimum atomic E-state index is -4.59. The van der Waals surface area contributed by atoms with Gasteiger partial charge in [-0.1, -0.05) is 24.3 Å². The van der Waals surface area contributed by atoms with Gasteiger partial charge in [0.15, 0.2) is 22.9 Å². The van der Waals surface area contributed by atoms with Crippen molar-refractivity contribution < 1.29 is 22.0 Å². The Morgan fingerprint density at radius 1 is 1.05 bits per heavy atom. The van der Waals surface area contributed by atoms with Gasteiger partial charge in [-0.15, -0.1) is 0 Å². The lowest BCUT2D eigenvalue weighted by Gasteiger charge is -2.27. The standard InChI is InChI=1S/C30H32F3N9O/c1-16(2)42-14-22(30(31,32)33)37-27(42)20-11-7-18(8-12-20)17(3)41(5)28-25-21(13-40(4)39-25)36-26(38-28)23-24(19-9-10-19)34-15-35-29(23)43-6/h7-8,11-17,19H,9-10H2,1-6H3/t17-/m0/s1/i5D3. The Morgan fingerprint density at radius 3 is 2.42 bits per heavy atom. The van der Waals surface area contributed by atoms with Gasteiger partial charge in [0.25, 0.3) is 0 Å². The molecule has 0 radical (unpaired) electrons. The van der Waals surface area contributed by atoms with Crippen LogP contribution in [-0.4, -0.2) is 53.4 Å². The molecule has 1 saturated carbocycles. The minimum Gasteiger partial charge on any atom is -0.480 e. The van der Waals surface area contributed by atoms with Crippen LogP contribution in [-0.2, 0) is 13.2 Å². The van der Waals surface area contributed by atoms with Gasteiger partial charge < -0.3 is 14.2 Å². The molecule has 0 spiro atoms. The lowest BCUT2D eigenvalue weighted by Crippen LogP contribution is -2.23. The van der Waals surface area contributed by atoms with Crippen molar-refractivity contribution in [3.05, 3.63) is 59.9 Å². The average molecular weight is 595 g/mol. The van der Waals surface area contributed by atoms with Crippen molar-refractivity contribution in [3.63, 3.8) is 0 Å². The van der Waals surface area contributed by atoms with E-state index >= 15 is 0 Å². The number of ether oxygens (including phenoxy) is 1. The molecule has 1 aromatic carbocycles. The zero-order chi connectivity index (χ0) is 33.1. The average Bonchev–Trinajstić information content (AvgIpc) is 3.60. The van der Waals surface area contributed by atoms with E-state index in [4.69, 9.17) is 18.8 Å². The van der Waals surface area contributed by atoms with Crippen LogP contribution in [0.5, 0.6) is 5.88 Å². The first-order valence-corrected chi connectivity index (χ1v) is 13.8. The molecule has 0 aliphatic heterocycles. The third-order valence-corrected chi connectivity index (χ3v) is 7.53.